The smallest absolute Gasteiger partial charge is 0.135 e. The third-order valence-electron chi connectivity index (χ3n) is 13.9. The SMILES string of the molecule is CC(C)(C)c1ccc(N2[CH-]N(c3[c-]c(Oc4[c-]c5c(cc4)c4cc(C(C)(C)C)ccc4n5-c4cc(C(C)(C)c5ccccc5)ccn4)cc(C(C)(C)c4ccccc4)c3)c3ccccc32)cc1.[Pt]. The van der Waals surface area contributed by atoms with Gasteiger partial charge in [-0.25, -0.2) is 4.98 Å². The Balaban J connectivity index is 0.00000578. The first-order chi connectivity index (χ1) is 32.0. The molecule has 0 N–H and O–H groups in total. The van der Waals surface area contributed by atoms with E-state index in [9.17, 15) is 0 Å². The van der Waals surface area contributed by atoms with Gasteiger partial charge in [-0.3, -0.25) is 0 Å². The summed E-state index contributed by atoms with van der Waals surface area (Å²) in [6.07, 6.45) is 1.93. The molecule has 3 heterocycles. The molecule has 0 atom stereocenters. The van der Waals surface area contributed by atoms with Crippen LogP contribution in [0.4, 0.5) is 22.7 Å². The van der Waals surface area contributed by atoms with E-state index in [0.717, 1.165) is 55.9 Å². The summed E-state index contributed by atoms with van der Waals surface area (Å²) >= 11 is 0. The number of para-hydroxylation sites is 2. The maximum atomic E-state index is 7.00. The van der Waals surface area contributed by atoms with E-state index in [1.165, 1.54) is 27.8 Å². The Morgan fingerprint density at radius 2 is 1.06 bits per heavy atom. The zero-order valence-corrected chi connectivity index (χ0v) is 43.0. The van der Waals surface area contributed by atoms with E-state index >= 15 is 0 Å². The van der Waals surface area contributed by atoms with Crippen LogP contribution >= 0.6 is 0 Å². The van der Waals surface area contributed by atoms with Crippen LogP contribution in [0.2, 0.25) is 0 Å². The van der Waals surface area contributed by atoms with Crippen LogP contribution in [0, 0.1) is 18.8 Å². The van der Waals surface area contributed by atoms with Gasteiger partial charge in [0.15, 0.2) is 0 Å². The predicted molar refractivity (Wildman–Crippen MR) is 279 cm³/mol. The summed E-state index contributed by atoms with van der Waals surface area (Å²) in [4.78, 5) is 9.54. The fourth-order valence-corrected chi connectivity index (χ4v) is 9.48. The molecule has 0 radical (unpaired) electrons. The second-order valence-corrected chi connectivity index (χ2v) is 21.1. The van der Waals surface area contributed by atoms with Crippen LogP contribution in [0.3, 0.4) is 0 Å². The number of rotatable bonds is 9. The van der Waals surface area contributed by atoms with Crippen molar-refractivity contribution in [1.29, 1.82) is 0 Å². The molecule has 10 rings (SSSR count). The van der Waals surface area contributed by atoms with Gasteiger partial charge in [-0.1, -0.05) is 172 Å². The molecule has 2 aromatic heterocycles. The van der Waals surface area contributed by atoms with Gasteiger partial charge >= 0.3 is 0 Å². The number of anilines is 4. The molecule has 0 bridgehead atoms. The first-order valence-corrected chi connectivity index (χ1v) is 23.4. The van der Waals surface area contributed by atoms with Crippen molar-refractivity contribution >= 4 is 44.6 Å². The fourth-order valence-electron chi connectivity index (χ4n) is 9.48. The summed E-state index contributed by atoms with van der Waals surface area (Å²) < 4.78 is 9.25. The van der Waals surface area contributed by atoms with Crippen LogP contribution in [0.15, 0.2) is 170 Å². The van der Waals surface area contributed by atoms with Crippen LogP contribution in [0.25, 0.3) is 27.6 Å². The van der Waals surface area contributed by atoms with Crippen LogP contribution in [-0.2, 0) is 42.7 Å². The van der Waals surface area contributed by atoms with Gasteiger partial charge in [-0.2, -0.15) is 6.07 Å². The van der Waals surface area contributed by atoms with Crippen molar-refractivity contribution in [2.75, 3.05) is 9.80 Å². The summed E-state index contributed by atoms with van der Waals surface area (Å²) in [5, 5.41) is 2.24. The van der Waals surface area contributed by atoms with Crippen molar-refractivity contribution in [2.24, 2.45) is 0 Å². The number of pyridine rings is 1. The molecule has 0 amide bonds. The molecular weight excluding hydrogens is 1010 g/mol. The molecule has 1 aliphatic heterocycles. The van der Waals surface area contributed by atoms with Crippen molar-refractivity contribution in [3.05, 3.63) is 222 Å². The molecule has 0 aliphatic carbocycles. The number of hydrogen-bond acceptors (Lipinski definition) is 4. The van der Waals surface area contributed by atoms with E-state index in [-0.39, 0.29) is 42.7 Å². The predicted octanol–water partition coefficient (Wildman–Crippen LogP) is 16.2. The molecule has 346 valence electrons. The van der Waals surface area contributed by atoms with Crippen molar-refractivity contribution in [3.63, 3.8) is 0 Å². The van der Waals surface area contributed by atoms with Crippen LogP contribution < -0.4 is 14.5 Å². The number of aromatic nitrogens is 2. The average Bonchev–Trinajstić information content (AvgIpc) is 3.87. The number of hydrogen-bond donors (Lipinski definition) is 0. The van der Waals surface area contributed by atoms with Crippen molar-refractivity contribution in [3.8, 4) is 17.3 Å². The summed E-state index contributed by atoms with van der Waals surface area (Å²) in [6, 6.07) is 66.2. The number of fused-ring (bicyclic) bond motifs is 4. The first-order valence-electron chi connectivity index (χ1n) is 23.4. The topological polar surface area (TPSA) is 33.5 Å². The summed E-state index contributed by atoms with van der Waals surface area (Å²) in [6.45, 7) is 24.8. The van der Waals surface area contributed by atoms with E-state index in [1.54, 1.807) is 0 Å². The van der Waals surface area contributed by atoms with Gasteiger partial charge in [0, 0.05) is 66.8 Å². The molecule has 0 saturated carbocycles. The summed E-state index contributed by atoms with van der Waals surface area (Å²) in [5.74, 6) is 2.03. The van der Waals surface area contributed by atoms with E-state index in [1.807, 2.05) is 12.3 Å². The molecule has 7 aromatic carbocycles. The van der Waals surface area contributed by atoms with Gasteiger partial charge in [0.25, 0.3) is 0 Å². The van der Waals surface area contributed by atoms with Crippen LogP contribution in [-0.4, -0.2) is 9.55 Å². The Hall–Kier alpha value is -6.42. The van der Waals surface area contributed by atoms with E-state index in [2.05, 4.69) is 260 Å². The van der Waals surface area contributed by atoms with E-state index in [0.29, 0.717) is 11.5 Å². The zero-order valence-electron chi connectivity index (χ0n) is 40.8. The largest absolute Gasteiger partial charge is 0.509 e. The molecular formula is C62H59N4OPt-3. The second-order valence-electron chi connectivity index (χ2n) is 21.1. The molecule has 0 unspecified atom stereocenters. The van der Waals surface area contributed by atoms with Crippen LogP contribution in [0.1, 0.15) is 103 Å². The van der Waals surface area contributed by atoms with Crippen molar-refractivity contribution in [1.82, 2.24) is 9.55 Å². The molecule has 68 heavy (non-hydrogen) atoms. The molecule has 0 fully saturated rings. The molecule has 9 aromatic rings. The number of nitrogens with zero attached hydrogens (tertiary/aromatic N) is 4. The monoisotopic (exact) mass is 1070 g/mol. The fraction of sp³-hybridized carbons (Fsp3) is 0.226. The van der Waals surface area contributed by atoms with Gasteiger partial charge in [-0.05, 0) is 91.9 Å². The standard InChI is InChI=1S/C62H59N4O.Pt/c1-59(2,3)42-25-28-48(29-26-42)64-41-65(56-24-18-17-23-55(56)64)49-35-47(62(9,10)44-21-15-12-16-22-44)36-51(39-49)67-50-30-31-52-53-37-45(60(4,5)6)27-32-54(53)66(57(52)40-50)58-38-46(33-34-63-58)61(7,8)43-19-13-11-14-20-43;/h11-38,41H,1-10H3;/q-3;. The van der Waals surface area contributed by atoms with E-state index in [4.69, 9.17) is 9.72 Å². The summed E-state index contributed by atoms with van der Waals surface area (Å²) in [7, 11) is 0. The third-order valence-corrected chi connectivity index (χ3v) is 13.9. The average molecular weight is 1070 g/mol. The molecule has 5 nitrogen and oxygen atoms in total. The number of benzene rings is 7. The molecule has 1 aliphatic rings. The minimum absolute atomic E-state index is 0. The normalized spacial score (nSPS) is 13.2. The van der Waals surface area contributed by atoms with Crippen LogP contribution in [0.5, 0.6) is 11.5 Å². The Morgan fingerprint density at radius 1 is 0.471 bits per heavy atom. The molecule has 0 spiro atoms. The maximum Gasteiger partial charge on any atom is 0.135 e. The third kappa shape index (κ3) is 8.56. The first kappa shape index (κ1) is 46.7. The quantitative estimate of drug-likeness (QED) is 0.135. The Labute approximate surface area is 417 Å². The minimum Gasteiger partial charge on any atom is -0.509 e. The van der Waals surface area contributed by atoms with Gasteiger partial charge in [0.1, 0.15) is 5.82 Å². The van der Waals surface area contributed by atoms with Gasteiger partial charge in [-0.15, -0.1) is 53.6 Å². The Kier molecular flexibility index (Phi) is 12.1. The Bertz CT molecular complexity index is 3270. The van der Waals surface area contributed by atoms with Gasteiger partial charge < -0.3 is 19.1 Å². The van der Waals surface area contributed by atoms with Crippen molar-refractivity contribution < 1.29 is 25.8 Å². The number of ether oxygens (including phenoxy) is 1. The van der Waals surface area contributed by atoms with E-state index < -0.39 is 0 Å². The minimum atomic E-state index is -0.361. The zero-order chi connectivity index (χ0) is 46.9. The Morgan fingerprint density at radius 3 is 1.69 bits per heavy atom. The maximum absolute atomic E-state index is 7.00. The van der Waals surface area contributed by atoms with Gasteiger partial charge in [0.05, 0.1) is 0 Å². The van der Waals surface area contributed by atoms with Crippen molar-refractivity contribution in [2.45, 2.75) is 90.9 Å². The second kappa shape index (κ2) is 17.6. The molecule has 0 saturated heterocycles. The molecule has 6 heteroatoms. The summed E-state index contributed by atoms with van der Waals surface area (Å²) in [5.41, 5.74) is 12.8. The van der Waals surface area contributed by atoms with Gasteiger partial charge in [0.2, 0.25) is 0 Å².